The molecular formula is C13H25N3O2. The van der Waals surface area contributed by atoms with Crippen molar-refractivity contribution in [3.63, 3.8) is 0 Å². The van der Waals surface area contributed by atoms with E-state index in [9.17, 15) is 4.79 Å². The number of nitrogens with two attached hydrogens (primary N) is 1. The molecule has 0 aromatic rings. The third-order valence-electron chi connectivity index (χ3n) is 3.85. The minimum atomic E-state index is 0.0192. The summed E-state index contributed by atoms with van der Waals surface area (Å²) >= 11 is 0. The molecule has 104 valence electrons. The molecule has 1 heterocycles. The summed E-state index contributed by atoms with van der Waals surface area (Å²) in [5, 5.41) is 3.12. The molecule has 2 rings (SSSR count). The Morgan fingerprint density at radius 2 is 2.22 bits per heavy atom. The highest BCUT2D eigenvalue weighted by Gasteiger charge is 2.25. The SMILES string of the molecule is CC(N)C1CN(CC(=O)NC2CCCC2)CCO1. The summed E-state index contributed by atoms with van der Waals surface area (Å²) < 4.78 is 5.59. The van der Waals surface area contributed by atoms with Gasteiger partial charge in [0.1, 0.15) is 0 Å². The average molecular weight is 255 g/mol. The molecule has 2 aliphatic rings. The van der Waals surface area contributed by atoms with E-state index in [-0.39, 0.29) is 18.1 Å². The van der Waals surface area contributed by atoms with E-state index in [0.717, 1.165) is 25.9 Å². The lowest BCUT2D eigenvalue weighted by atomic mass is 10.1. The summed E-state index contributed by atoms with van der Waals surface area (Å²) in [7, 11) is 0. The molecule has 1 saturated carbocycles. The van der Waals surface area contributed by atoms with E-state index >= 15 is 0 Å². The topological polar surface area (TPSA) is 67.6 Å². The van der Waals surface area contributed by atoms with E-state index in [0.29, 0.717) is 19.2 Å². The van der Waals surface area contributed by atoms with Gasteiger partial charge in [-0.2, -0.15) is 0 Å². The lowest BCUT2D eigenvalue weighted by molar-refractivity contribution is -0.125. The molecule has 0 spiro atoms. The fourth-order valence-corrected chi connectivity index (χ4v) is 2.74. The number of hydrogen-bond donors (Lipinski definition) is 2. The number of rotatable bonds is 4. The van der Waals surface area contributed by atoms with Gasteiger partial charge in [0, 0.05) is 25.2 Å². The highest BCUT2D eigenvalue weighted by atomic mass is 16.5. The number of carbonyl (C=O) groups is 1. The Bertz CT molecular complexity index is 277. The Hall–Kier alpha value is -0.650. The standard InChI is InChI=1S/C13H25N3O2/c1-10(14)12-8-16(6-7-18-12)9-13(17)15-11-4-2-3-5-11/h10-12H,2-9,14H2,1H3,(H,15,17). The summed E-state index contributed by atoms with van der Waals surface area (Å²) in [6.07, 6.45) is 4.82. The molecule has 1 aliphatic heterocycles. The van der Waals surface area contributed by atoms with Gasteiger partial charge >= 0.3 is 0 Å². The predicted octanol–water partition coefficient (Wildman–Crippen LogP) is 0.0932. The number of hydrogen-bond acceptors (Lipinski definition) is 4. The van der Waals surface area contributed by atoms with Crippen LogP contribution >= 0.6 is 0 Å². The summed E-state index contributed by atoms with van der Waals surface area (Å²) in [6.45, 7) is 4.68. The van der Waals surface area contributed by atoms with Gasteiger partial charge < -0.3 is 15.8 Å². The zero-order valence-corrected chi connectivity index (χ0v) is 11.2. The molecule has 0 aromatic heterocycles. The lowest BCUT2D eigenvalue weighted by Crippen LogP contribution is -2.52. The van der Waals surface area contributed by atoms with Crippen LogP contribution in [0.3, 0.4) is 0 Å². The molecule has 2 unspecified atom stereocenters. The van der Waals surface area contributed by atoms with Crippen LogP contribution in [0.1, 0.15) is 32.6 Å². The first-order valence-electron chi connectivity index (χ1n) is 7.04. The first-order chi connectivity index (χ1) is 8.65. The van der Waals surface area contributed by atoms with E-state index in [1.807, 2.05) is 6.92 Å². The van der Waals surface area contributed by atoms with Crippen molar-refractivity contribution in [3.05, 3.63) is 0 Å². The molecule has 1 saturated heterocycles. The third-order valence-corrected chi connectivity index (χ3v) is 3.85. The second kappa shape index (κ2) is 6.50. The highest BCUT2D eigenvalue weighted by Crippen LogP contribution is 2.17. The molecule has 3 N–H and O–H groups in total. The molecule has 0 radical (unpaired) electrons. The zero-order valence-electron chi connectivity index (χ0n) is 11.2. The summed E-state index contributed by atoms with van der Waals surface area (Å²) in [5.41, 5.74) is 5.84. The monoisotopic (exact) mass is 255 g/mol. The van der Waals surface area contributed by atoms with Crippen LogP contribution in [0.2, 0.25) is 0 Å². The van der Waals surface area contributed by atoms with E-state index in [1.165, 1.54) is 12.8 Å². The quantitative estimate of drug-likeness (QED) is 0.747. The summed E-state index contributed by atoms with van der Waals surface area (Å²) in [6, 6.07) is 0.425. The first-order valence-corrected chi connectivity index (χ1v) is 7.04. The van der Waals surface area contributed by atoms with E-state index < -0.39 is 0 Å². The van der Waals surface area contributed by atoms with Crippen LogP contribution in [0, 0.1) is 0 Å². The summed E-state index contributed by atoms with van der Waals surface area (Å²) in [4.78, 5) is 14.1. The Morgan fingerprint density at radius 1 is 1.50 bits per heavy atom. The van der Waals surface area contributed by atoms with E-state index in [2.05, 4.69) is 10.2 Å². The molecule has 0 bridgehead atoms. The van der Waals surface area contributed by atoms with Gasteiger partial charge in [0.15, 0.2) is 0 Å². The molecule has 2 atom stereocenters. The number of nitrogens with zero attached hydrogens (tertiary/aromatic N) is 1. The average Bonchev–Trinajstić information content (AvgIpc) is 2.82. The highest BCUT2D eigenvalue weighted by molar-refractivity contribution is 5.78. The van der Waals surface area contributed by atoms with Gasteiger partial charge in [-0.3, -0.25) is 9.69 Å². The van der Waals surface area contributed by atoms with Crippen LogP contribution in [0.15, 0.2) is 0 Å². The predicted molar refractivity (Wildman–Crippen MR) is 70.2 cm³/mol. The van der Waals surface area contributed by atoms with Crippen molar-refractivity contribution in [1.82, 2.24) is 10.2 Å². The van der Waals surface area contributed by atoms with Gasteiger partial charge in [-0.1, -0.05) is 12.8 Å². The Kier molecular flexibility index (Phi) is 4.97. The van der Waals surface area contributed by atoms with Crippen molar-refractivity contribution >= 4 is 5.91 Å². The molecule has 0 aromatic carbocycles. The minimum absolute atomic E-state index is 0.0192. The van der Waals surface area contributed by atoms with Crippen LogP contribution in [-0.4, -0.2) is 55.2 Å². The Labute approximate surface area is 109 Å². The van der Waals surface area contributed by atoms with Gasteiger partial charge in [-0.25, -0.2) is 0 Å². The van der Waals surface area contributed by atoms with Gasteiger partial charge in [-0.05, 0) is 19.8 Å². The maximum absolute atomic E-state index is 11.9. The third kappa shape index (κ3) is 3.93. The van der Waals surface area contributed by atoms with Crippen LogP contribution in [0.4, 0.5) is 0 Å². The first kappa shape index (κ1) is 13.8. The second-order valence-corrected chi connectivity index (χ2v) is 5.55. The number of nitrogens with one attached hydrogen (secondary N) is 1. The zero-order chi connectivity index (χ0) is 13.0. The van der Waals surface area contributed by atoms with Crippen LogP contribution in [0.5, 0.6) is 0 Å². The van der Waals surface area contributed by atoms with Crippen molar-refractivity contribution in [2.24, 2.45) is 5.73 Å². The van der Waals surface area contributed by atoms with Crippen molar-refractivity contribution in [1.29, 1.82) is 0 Å². The number of amides is 1. The largest absolute Gasteiger partial charge is 0.374 e. The van der Waals surface area contributed by atoms with Crippen molar-refractivity contribution in [2.45, 2.75) is 50.8 Å². The number of ether oxygens (including phenoxy) is 1. The second-order valence-electron chi connectivity index (χ2n) is 5.55. The normalized spacial score (nSPS) is 28.2. The smallest absolute Gasteiger partial charge is 0.234 e. The molecule has 18 heavy (non-hydrogen) atoms. The van der Waals surface area contributed by atoms with Crippen LogP contribution < -0.4 is 11.1 Å². The fraction of sp³-hybridized carbons (Fsp3) is 0.923. The molecular weight excluding hydrogens is 230 g/mol. The number of morpholine rings is 1. The molecule has 2 fully saturated rings. The van der Waals surface area contributed by atoms with Gasteiger partial charge in [-0.15, -0.1) is 0 Å². The van der Waals surface area contributed by atoms with Crippen molar-refractivity contribution < 1.29 is 9.53 Å². The van der Waals surface area contributed by atoms with Gasteiger partial charge in [0.25, 0.3) is 0 Å². The summed E-state index contributed by atoms with van der Waals surface area (Å²) in [5.74, 6) is 0.146. The molecule has 5 nitrogen and oxygen atoms in total. The van der Waals surface area contributed by atoms with Crippen LogP contribution in [-0.2, 0) is 9.53 Å². The van der Waals surface area contributed by atoms with Gasteiger partial charge in [0.2, 0.25) is 5.91 Å². The Morgan fingerprint density at radius 3 is 2.89 bits per heavy atom. The minimum Gasteiger partial charge on any atom is -0.374 e. The maximum Gasteiger partial charge on any atom is 0.234 e. The number of carbonyl (C=O) groups excluding carboxylic acids is 1. The molecule has 1 amide bonds. The molecule has 1 aliphatic carbocycles. The van der Waals surface area contributed by atoms with E-state index in [1.54, 1.807) is 0 Å². The Balaban J connectivity index is 1.72. The fourth-order valence-electron chi connectivity index (χ4n) is 2.74. The maximum atomic E-state index is 11.9. The van der Waals surface area contributed by atoms with E-state index in [4.69, 9.17) is 10.5 Å². The van der Waals surface area contributed by atoms with Crippen molar-refractivity contribution in [2.75, 3.05) is 26.2 Å². The molecule has 5 heteroatoms. The van der Waals surface area contributed by atoms with Crippen molar-refractivity contribution in [3.8, 4) is 0 Å². The lowest BCUT2D eigenvalue weighted by Gasteiger charge is -2.34. The van der Waals surface area contributed by atoms with Gasteiger partial charge in [0.05, 0.1) is 19.3 Å². The van der Waals surface area contributed by atoms with Crippen LogP contribution in [0.25, 0.3) is 0 Å².